The lowest BCUT2D eigenvalue weighted by molar-refractivity contribution is -0.125. The number of nitrogens with one attached hydrogen (secondary N) is 3. The van der Waals surface area contributed by atoms with Gasteiger partial charge in [-0.2, -0.15) is 0 Å². The van der Waals surface area contributed by atoms with Crippen LogP contribution >= 0.6 is 27.3 Å². The molecule has 1 aromatic carbocycles. The monoisotopic (exact) mass is 423 g/mol. The summed E-state index contributed by atoms with van der Waals surface area (Å²) >= 11 is 4.73. The van der Waals surface area contributed by atoms with Crippen molar-refractivity contribution in [3.63, 3.8) is 0 Å². The van der Waals surface area contributed by atoms with Crippen molar-refractivity contribution in [3.8, 4) is 0 Å². The first-order valence-electron chi connectivity index (χ1n) is 7.59. The van der Waals surface area contributed by atoms with Crippen LogP contribution in [0.4, 0.5) is 0 Å². The molecule has 0 aliphatic rings. The molecule has 0 saturated heterocycles. The van der Waals surface area contributed by atoms with Crippen LogP contribution in [-0.4, -0.2) is 30.8 Å². The molecule has 0 saturated carbocycles. The topological polar surface area (TPSA) is 87.3 Å². The number of carbonyl (C=O) groups excluding carboxylic acids is 3. The van der Waals surface area contributed by atoms with Gasteiger partial charge in [-0.15, -0.1) is 11.3 Å². The number of halogens is 1. The molecule has 8 heteroatoms. The Hall–Kier alpha value is -2.19. The molecule has 0 bridgehead atoms. The smallest absolute Gasteiger partial charge is 0.261 e. The second-order valence-corrected chi connectivity index (χ2v) is 7.05. The maximum atomic E-state index is 11.9. The van der Waals surface area contributed by atoms with Crippen LogP contribution in [0.5, 0.6) is 0 Å². The molecule has 3 amide bonds. The van der Waals surface area contributed by atoms with Crippen LogP contribution in [0.2, 0.25) is 0 Å². The zero-order chi connectivity index (χ0) is 18.2. The van der Waals surface area contributed by atoms with Gasteiger partial charge in [0.25, 0.3) is 5.91 Å². The zero-order valence-electron chi connectivity index (χ0n) is 13.5. The van der Waals surface area contributed by atoms with Gasteiger partial charge in [0.05, 0.1) is 24.0 Å². The maximum absolute atomic E-state index is 11.9. The minimum Gasteiger partial charge on any atom is -0.348 e. The van der Waals surface area contributed by atoms with E-state index in [9.17, 15) is 14.4 Å². The van der Waals surface area contributed by atoms with Crippen molar-refractivity contribution in [1.29, 1.82) is 0 Å². The molecule has 0 unspecified atom stereocenters. The van der Waals surface area contributed by atoms with Crippen LogP contribution in [-0.2, 0) is 9.59 Å². The standard InChI is InChI=1S/C17H18BrN3O3S/c1-11(12-5-2-3-6-13(12)18)21-16(23)10-19-15(22)9-20-17(24)14-7-4-8-25-14/h2-8,11H,9-10H2,1H3,(H,19,22)(H,20,24)(H,21,23)/t11-/m0/s1. The predicted molar refractivity (Wildman–Crippen MR) is 100 cm³/mol. The van der Waals surface area contributed by atoms with E-state index in [1.54, 1.807) is 17.5 Å². The van der Waals surface area contributed by atoms with E-state index in [1.165, 1.54) is 11.3 Å². The first kappa shape index (κ1) is 19.1. The Bertz CT molecular complexity index is 749. The van der Waals surface area contributed by atoms with Gasteiger partial charge in [0, 0.05) is 4.47 Å². The molecule has 0 aliphatic heterocycles. The van der Waals surface area contributed by atoms with Gasteiger partial charge in [0.2, 0.25) is 11.8 Å². The van der Waals surface area contributed by atoms with E-state index in [-0.39, 0.29) is 30.9 Å². The van der Waals surface area contributed by atoms with Crippen molar-refractivity contribution in [2.45, 2.75) is 13.0 Å². The molecule has 0 fully saturated rings. The molecule has 0 aliphatic carbocycles. The molecule has 1 atom stereocenters. The van der Waals surface area contributed by atoms with Crippen molar-refractivity contribution in [1.82, 2.24) is 16.0 Å². The fraction of sp³-hybridized carbons (Fsp3) is 0.235. The number of thiophene rings is 1. The van der Waals surface area contributed by atoms with E-state index in [4.69, 9.17) is 0 Å². The van der Waals surface area contributed by atoms with E-state index in [0.29, 0.717) is 4.88 Å². The molecule has 0 spiro atoms. The Morgan fingerprint density at radius 2 is 1.76 bits per heavy atom. The minimum atomic E-state index is -0.423. The number of rotatable bonds is 7. The Morgan fingerprint density at radius 3 is 2.44 bits per heavy atom. The lowest BCUT2D eigenvalue weighted by Gasteiger charge is -2.16. The summed E-state index contributed by atoms with van der Waals surface area (Å²) in [5.41, 5.74) is 0.949. The second kappa shape index (κ2) is 9.33. The SMILES string of the molecule is C[C@H](NC(=O)CNC(=O)CNC(=O)c1cccs1)c1ccccc1Br. The average Bonchev–Trinajstić information content (AvgIpc) is 3.12. The van der Waals surface area contributed by atoms with E-state index in [1.807, 2.05) is 31.2 Å². The summed E-state index contributed by atoms with van der Waals surface area (Å²) in [4.78, 5) is 35.9. The summed E-state index contributed by atoms with van der Waals surface area (Å²) in [6, 6.07) is 10.8. The van der Waals surface area contributed by atoms with Crippen molar-refractivity contribution in [3.05, 3.63) is 56.7 Å². The second-order valence-electron chi connectivity index (χ2n) is 5.25. The third-order valence-electron chi connectivity index (χ3n) is 3.35. The van der Waals surface area contributed by atoms with Crippen LogP contribution < -0.4 is 16.0 Å². The molecule has 132 valence electrons. The van der Waals surface area contributed by atoms with Gasteiger partial charge < -0.3 is 16.0 Å². The molecular weight excluding hydrogens is 406 g/mol. The van der Waals surface area contributed by atoms with Crippen LogP contribution in [0.15, 0.2) is 46.3 Å². The summed E-state index contributed by atoms with van der Waals surface area (Å²) in [7, 11) is 0. The number of amides is 3. The molecule has 25 heavy (non-hydrogen) atoms. The van der Waals surface area contributed by atoms with Gasteiger partial charge in [0.1, 0.15) is 0 Å². The molecule has 1 aromatic heterocycles. The molecule has 3 N–H and O–H groups in total. The van der Waals surface area contributed by atoms with E-state index >= 15 is 0 Å². The van der Waals surface area contributed by atoms with Gasteiger partial charge in [-0.3, -0.25) is 14.4 Å². The van der Waals surface area contributed by atoms with E-state index in [2.05, 4.69) is 31.9 Å². The van der Waals surface area contributed by atoms with Crippen molar-refractivity contribution < 1.29 is 14.4 Å². The fourth-order valence-corrected chi connectivity index (χ4v) is 3.36. The summed E-state index contributed by atoms with van der Waals surface area (Å²) in [5.74, 6) is -1.04. The quantitative estimate of drug-likeness (QED) is 0.637. The molecule has 0 radical (unpaired) electrons. The van der Waals surface area contributed by atoms with Gasteiger partial charge in [-0.25, -0.2) is 0 Å². The van der Waals surface area contributed by atoms with Crippen LogP contribution in [0.25, 0.3) is 0 Å². The van der Waals surface area contributed by atoms with Crippen LogP contribution in [0.3, 0.4) is 0 Å². The van der Waals surface area contributed by atoms with Gasteiger partial charge in [-0.05, 0) is 30.0 Å². The highest BCUT2D eigenvalue weighted by Gasteiger charge is 2.13. The molecular formula is C17H18BrN3O3S. The number of hydrogen-bond donors (Lipinski definition) is 3. The summed E-state index contributed by atoms with van der Waals surface area (Å²) in [6.07, 6.45) is 0. The highest BCUT2D eigenvalue weighted by molar-refractivity contribution is 9.10. The third kappa shape index (κ3) is 5.99. The van der Waals surface area contributed by atoms with E-state index in [0.717, 1.165) is 10.0 Å². The molecule has 2 aromatic rings. The highest BCUT2D eigenvalue weighted by atomic mass is 79.9. The van der Waals surface area contributed by atoms with Crippen molar-refractivity contribution in [2.24, 2.45) is 0 Å². The lowest BCUT2D eigenvalue weighted by atomic mass is 10.1. The predicted octanol–water partition coefficient (Wildman–Crippen LogP) is 2.23. The van der Waals surface area contributed by atoms with Crippen molar-refractivity contribution >= 4 is 45.0 Å². The van der Waals surface area contributed by atoms with E-state index < -0.39 is 5.91 Å². The number of hydrogen-bond acceptors (Lipinski definition) is 4. The first-order valence-corrected chi connectivity index (χ1v) is 9.27. The zero-order valence-corrected chi connectivity index (χ0v) is 15.9. The summed E-state index contributed by atoms with van der Waals surface area (Å²) < 4.78 is 0.906. The fourth-order valence-electron chi connectivity index (χ4n) is 2.09. The third-order valence-corrected chi connectivity index (χ3v) is 4.94. The van der Waals surface area contributed by atoms with Crippen molar-refractivity contribution in [2.75, 3.05) is 13.1 Å². The average molecular weight is 424 g/mol. The van der Waals surface area contributed by atoms with Gasteiger partial charge in [-0.1, -0.05) is 40.2 Å². The van der Waals surface area contributed by atoms with Gasteiger partial charge >= 0.3 is 0 Å². The Balaban J connectivity index is 1.71. The van der Waals surface area contributed by atoms with Gasteiger partial charge in [0.15, 0.2) is 0 Å². The summed E-state index contributed by atoms with van der Waals surface area (Å²) in [6.45, 7) is 1.54. The molecule has 1 heterocycles. The maximum Gasteiger partial charge on any atom is 0.261 e. The Labute approximate surface area is 158 Å². The highest BCUT2D eigenvalue weighted by Crippen LogP contribution is 2.22. The normalized spacial score (nSPS) is 11.4. The largest absolute Gasteiger partial charge is 0.348 e. The molecule has 6 nitrogen and oxygen atoms in total. The minimum absolute atomic E-state index is 0.150. The lowest BCUT2D eigenvalue weighted by Crippen LogP contribution is -2.42. The molecule has 2 rings (SSSR count). The number of benzene rings is 1. The summed E-state index contributed by atoms with van der Waals surface area (Å²) in [5, 5.41) is 9.58. The first-order chi connectivity index (χ1) is 12.0. The van der Waals surface area contributed by atoms with Crippen LogP contribution in [0.1, 0.15) is 28.2 Å². The van der Waals surface area contributed by atoms with Crippen LogP contribution in [0, 0.1) is 0 Å². The number of carbonyl (C=O) groups is 3. The Morgan fingerprint density at radius 1 is 1.04 bits per heavy atom. The Kier molecular flexibility index (Phi) is 7.15.